The van der Waals surface area contributed by atoms with Gasteiger partial charge in [-0.2, -0.15) is 21.6 Å². The van der Waals surface area contributed by atoms with Gasteiger partial charge >= 0.3 is 15.5 Å². The Morgan fingerprint density at radius 2 is 1.61 bits per heavy atom. The summed E-state index contributed by atoms with van der Waals surface area (Å²) in [6, 6.07) is 12.8. The van der Waals surface area contributed by atoms with E-state index >= 15 is 0 Å². The first kappa shape index (κ1) is 40.6. The van der Waals surface area contributed by atoms with Crippen LogP contribution in [-0.4, -0.2) is 49.1 Å². The van der Waals surface area contributed by atoms with Gasteiger partial charge in [-0.15, -0.1) is 0 Å². The monoisotopic (exact) mass is 789 g/mol. The number of amides is 2. The number of sulfonamides is 1. The topological polar surface area (TPSA) is 135 Å². The highest BCUT2D eigenvalue weighted by atomic mass is 35.5. The third-order valence-electron chi connectivity index (χ3n) is 9.29. The molecule has 290 valence electrons. The van der Waals surface area contributed by atoms with E-state index in [2.05, 4.69) is 12.2 Å². The first-order valence-corrected chi connectivity index (χ1v) is 19.9. The summed E-state index contributed by atoms with van der Waals surface area (Å²) in [5.74, 6) is -1.75. The second-order valence-corrected chi connectivity index (χ2v) is 15.4. The third kappa shape index (κ3) is 9.56. The predicted octanol–water partition coefficient (Wildman–Crippen LogP) is 9.80. The molecule has 0 radical (unpaired) electrons. The van der Waals surface area contributed by atoms with Gasteiger partial charge in [-0.1, -0.05) is 94.5 Å². The molecule has 0 fully saturated rings. The van der Waals surface area contributed by atoms with Gasteiger partial charge in [-0.25, -0.2) is 0 Å². The second kappa shape index (κ2) is 17.7. The molecule has 1 aliphatic rings. The molecule has 0 bridgehead atoms. The van der Waals surface area contributed by atoms with Crippen LogP contribution in [0.5, 0.6) is 5.75 Å². The SMILES string of the molecule is CCCCCCCCCCCCOc1ccc2oc(C)c(C(=O)C(C(=O)Nc3cc(NS(=O)(=O)C(F)(F)F)ccc3Cl)N3Cc4ccccc4C3=O)c2c1. The van der Waals surface area contributed by atoms with E-state index in [0.717, 1.165) is 42.4 Å². The lowest BCUT2D eigenvalue weighted by molar-refractivity contribution is -0.119. The van der Waals surface area contributed by atoms with Crippen LogP contribution in [0.25, 0.3) is 11.0 Å². The van der Waals surface area contributed by atoms with Crippen LogP contribution in [0, 0.1) is 6.92 Å². The number of benzene rings is 3. The number of ether oxygens (including phenoxy) is 1. The number of hydrogen-bond donors (Lipinski definition) is 2. The molecule has 1 atom stereocenters. The molecule has 1 aromatic heterocycles. The maximum absolute atomic E-state index is 14.6. The molecule has 54 heavy (non-hydrogen) atoms. The fourth-order valence-electron chi connectivity index (χ4n) is 6.50. The van der Waals surface area contributed by atoms with Crippen molar-refractivity contribution in [1.29, 1.82) is 0 Å². The van der Waals surface area contributed by atoms with Crippen molar-refractivity contribution in [1.82, 2.24) is 4.90 Å². The molecular formula is C39H43ClF3N3O7S. The lowest BCUT2D eigenvalue weighted by Gasteiger charge is -2.26. The molecule has 3 aromatic carbocycles. The summed E-state index contributed by atoms with van der Waals surface area (Å²) in [7, 11) is -5.80. The minimum Gasteiger partial charge on any atom is -0.494 e. The molecule has 5 rings (SSSR count). The van der Waals surface area contributed by atoms with Gasteiger partial charge in [0.15, 0.2) is 11.8 Å². The number of carbonyl (C=O) groups is 3. The minimum atomic E-state index is -5.80. The van der Waals surface area contributed by atoms with Gasteiger partial charge in [0.2, 0.25) is 0 Å². The number of ketones is 1. The third-order valence-corrected chi connectivity index (χ3v) is 10.7. The van der Waals surface area contributed by atoms with Gasteiger partial charge in [0.1, 0.15) is 17.1 Å². The Bertz CT molecular complexity index is 2100. The van der Waals surface area contributed by atoms with E-state index in [0.29, 0.717) is 34.5 Å². The van der Waals surface area contributed by atoms with E-state index in [9.17, 15) is 36.0 Å². The van der Waals surface area contributed by atoms with Crippen LogP contribution in [0.4, 0.5) is 24.5 Å². The Kier molecular flexibility index (Phi) is 13.3. The fraction of sp³-hybridized carbons (Fsp3) is 0.410. The van der Waals surface area contributed by atoms with Gasteiger partial charge in [-0.3, -0.25) is 19.1 Å². The molecule has 2 heterocycles. The highest BCUT2D eigenvalue weighted by Gasteiger charge is 2.46. The zero-order valence-corrected chi connectivity index (χ0v) is 31.6. The normalized spacial score (nSPS) is 13.6. The Labute approximate surface area is 317 Å². The molecule has 0 aliphatic carbocycles. The van der Waals surface area contributed by atoms with Crippen LogP contribution in [0.2, 0.25) is 5.02 Å². The van der Waals surface area contributed by atoms with Crippen molar-refractivity contribution >= 4 is 61.6 Å². The molecule has 0 spiro atoms. The lowest BCUT2D eigenvalue weighted by Crippen LogP contribution is -2.49. The number of nitrogens with one attached hydrogen (secondary N) is 2. The summed E-state index contributed by atoms with van der Waals surface area (Å²) in [6.07, 6.45) is 11.8. The maximum Gasteiger partial charge on any atom is 0.516 e. The molecule has 4 aromatic rings. The van der Waals surface area contributed by atoms with Crippen molar-refractivity contribution in [2.45, 2.75) is 96.2 Å². The number of fused-ring (bicyclic) bond motifs is 2. The summed E-state index contributed by atoms with van der Waals surface area (Å²) in [6.45, 7) is 4.13. The molecule has 2 amide bonds. The maximum atomic E-state index is 14.6. The first-order valence-electron chi connectivity index (χ1n) is 18.0. The zero-order chi connectivity index (χ0) is 39.0. The van der Waals surface area contributed by atoms with Gasteiger partial charge < -0.3 is 19.4 Å². The van der Waals surface area contributed by atoms with Crippen LogP contribution in [0.3, 0.4) is 0 Å². The highest BCUT2D eigenvalue weighted by molar-refractivity contribution is 7.93. The number of rotatable bonds is 19. The van der Waals surface area contributed by atoms with E-state index in [4.69, 9.17) is 20.8 Å². The zero-order valence-electron chi connectivity index (χ0n) is 30.1. The van der Waals surface area contributed by atoms with Gasteiger partial charge in [0.05, 0.1) is 28.6 Å². The number of aryl methyl sites for hydroxylation is 1. The van der Waals surface area contributed by atoms with Crippen LogP contribution in [0.1, 0.15) is 103 Å². The summed E-state index contributed by atoms with van der Waals surface area (Å²) in [4.78, 5) is 43.5. The number of unbranched alkanes of at least 4 members (excludes halogenated alkanes) is 9. The number of hydrogen-bond acceptors (Lipinski definition) is 7. The lowest BCUT2D eigenvalue weighted by atomic mass is 9.98. The molecule has 10 nitrogen and oxygen atoms in total. The number of alkyl halides is 3. The Morgan fingerprint density at radius 1 is 0.944 bits per heavy atom. The summed E-state index contributed by atoms with van der Waals surface area (Å²) in [5.41, 5.74) is -5.21. The molecule has 1 aliphatic heterocycles. The van der Waals surface area contributed by atoms with E-state index in [1.807, 2.05) is 0 Å². The minimum absolute atomic E-state index is 0.0380. The number of nitrogens with zero attached hydrogens (tertiary/aromatic N) is 1. The largest absolute Gasteiger partial charge is 0.516 e. The average Bonchev–Trinajstić information content (AvgIpc) is 3.63. The van der Waals surface area contributed by atoms with Gasteiger partial charge in [0.25, 0.3) is 11.8 Å². The second-order valence-electron chi connectivity index (χ2n) is 13.3. The fourth-order valence-corrected chi connectivity index (χ4v) is 7.22. The number of Topliss-reactive ketones (excluding diaryl/α,β-unsaturated/α-hetero) is 1. The average molecular weight is 790 g/mol. The Hall–Kier alpha value is -4.56. The van der Waals surface area contributed by atoms with Crippen LogP contribution in [0.15, 0.2) is 65.1 Å². The van der Waals surface area contributed by atoms with Crippen LogP contribution in [-0.2, 0) is 21.4 Å². The molecule has 0 saturated heterocycles. The van der Waals surface area contributed by atoms with Crippen LogP contribution >= 0.6 is 11.6 Å². The molecule has 15 heteroatoms. The number of carbonyl (C=O) groups excluding carboxylic acids is 3. The summed E-state index contributed by atoms with van der Waals surface area (Å²) < 4.78 is 76.0. The van der Waals surface area contributed by atoms with Crippen molar-refractivity contribution in [2.24, 2.45) is 0 Å². The smallest absolute Gasteiger partial charge is 0.494 e. The van der Waals surface area contributed by atoms with Crippen LogP contribution < -0.4 is 14.8 Å². The van der Waals surface area contributed by atoms with Crippen molar-refractivity contribution in [3.05, 3.63) is 88.1 Å². The Morgan fingerprint density at radius 3 is 2.28 bits per heavy atom. The molecule has 0 saturated carbocycles. The number of halogens is 4. The summed E-state index contributed by atoms with van der Waals surface area (Å²) >= 11 is 6.26. The summed E-state index contributed by atoms with van der Waals surface area (Å²) in [5, 5.41) is 2.62. The van der Waals surface area contributed by atoms with Gasteiger partial charge in [0, 0.05) is 17.5 Å². The van der Waals surface area contributed by atoms with E-state index in [1.165, 1.54) is 49.7 Å². The molecule has 1 unspecified atom stereocenters. The van der Waals surface area contributed by atoms with Crippen molar-refractivity contribution in [3.8, 4) is 5.75 Å². The first-order chi connectivity index (χ1) is 25.7. The van der Waals surface area contributed by atoms with Crippen molar-refractivity contribution in [3.63, 3.8) is 0 Å². The Balaban J connectivity index is 1.36. The van der Waals surface area contributed by atoms with Gasteiger partial charge in [-0.05, 0) is 61.4 Å². The number of furan rings is 1. The molecule has 2 N–H and O–H groups in total. The van der Waals surface area contributed by atoms with E-state index in [-0.39, 0.29) is 28.6 Å². The van der Waals surface area contributed by atoms with Crippen molar-refractivity contribution < 1.29 is 45.1 Å². The highest BCUT2D eigenvalue weighted by Crippen LogP contribution is 2.35. The number of anilines is 2. The van der Waals surface area contributed by atoms with E-state index in [1.54, 1.807) is 49.4 Å². The standard InChI is InChI=1S/C39H43ClF3N3O7S/c1-3-4-5-6-7-8-9-10-11-14-21-52-28-18-20-33-30(23-28)34(25(2)53-33)36(47)35(46-24-26-15-12-13-16-29(26)38(46)49)37(48)44-32-22-27(17-19-31(32)40)45-54(50,51)39(41,42)43/h12-13,15-20,22-23,35,45H,3-11,14,21,24H2,1-2H3,(H,44,48). The van der Waals surface area contributed by atoms with E-state index < -0.39 is 44.9 Å². The quantitative estimate of drug-likeness (QED) is 0.0549. The molecular weight excluding hydrogens is 747 g/mol. The van der Waals surface area contributed by atoms with Crippen molar-refractivity contribution in [2.75, 3.05) is 16.6 Å². The predicted molar refractivity (Wildman–Crippen MR) is 201 cm³/mol.